The molecule has 0 bridgehead atoms. The Balaban J connectivity index is 0.000000584. The topological polar surface area (TPSA) is 244 Å². The number of nitrogens with zero attached hydrogens (tertiary/aromatic N) is 2. The minimum atomic E-state index is -1.31. The zero-order valence-electron chi connectivity index (χ0n) is 14.4. The summed E-state index contributed by atoms with van der Waals surface area (Å²) >= 11 is 0. The lowest BCUT2D eigenvalue weighted by Crippen LogP contribution is -2.36. The van der Waals surface area contributed by atoms with Gasteiger partial charge in [-0.1, -0.05) is 0 Å². The molecule has 1 aliphatic heterocycles. The van der Waals surface area contributed by atoms with Gasteiger partial charge in [-0.25, -0.2) is 4.79 Å². The first-order chi connectivity index (χ1) is 12.3. The number of carbonyl (C=O) groups is 1. The monoisotopic (exact) mass is 394 g/mol. The van der Waals surface area contributed by atoms with Gasteiger partial charge in [0.25, 0.3) is 0 Å². The highest BCUT2D eigenvalue weighted by molar-refractivity contribution is 5.50. The molecule has 1 saturated heterocycles. The Morgan fingerprint density at radius 3 is 2.33 bits per heavy atom. The van der Waals surface area contributed by atoms with E-state index >= 15 is 0 Å². The molecule has 11 N–H and O–H groups in total. The van der Waals surface area contributed by atoms with Crippen LogP contribution in [0.1, 0.15) is 12.6 Å². The van der Waals surface area contributed by atoms with E-state index in [2.05, 4.69) is 4.98 Å². The Morgan fingerprint density at radius 1 is 1.26 bits per heavy atom. The fourth-order valence-corrected chi connectivity index (χ4v) is 2.11. The molecule has 0 saturated carbocycles. The second-order valence-electron chi connectivity index (χ2n) is 5.49. The van der Waals surface area contributed by atoms with Crippen molar-refractivity contribution in [2.24, 2.45) is 0 Å². The molecule has 0 aromatic carbocycles. The average molecular weight is 394 g/mol. The van der Waals surface area contributed by atoms with Crippen LogP contribution in [0.4, 0.5) is 5.82 Å². The minimum Gasteiger partial charge on any atom is -0.394 e. The van der Waals surface area contributed by atoms with E-state index in [9.17, 15) is 19.8 Å². The molecular weight excluding hydrogens is 368 g/mol. The zero-order chi connectivity index (χ0) is 19.9. The minimum absolute atomic E-state index is 0. The van der Waals surface area contributed by atoms with E-state index in [1.165, 1.54) is 12.3 Å². The molecule has 156 valence electrons. The largest absolute Gasteiger partial charge is 0.394 e. The van der Waals surface area contributed by atoms with Crippen molar-refractivity contribution in [2.75, 3.05) is 18.9 Å². The molecule has 2 heterocycles. The number of aldehydes is 1. The standard InChI is InChI=1S/C9H13N3O5.C5H10O4.H3N/c10-5-1-2-12(9(16)11-5)8-7(15)6(14)4(3-13)17-8;6-2-1-4(8)5(9)3-7;/h1-2,4,6-8,13-15H,3H2,(H2,10,11,16);2,4-5,7-9H,1,3H2;1H3/t4-,6-,7-,8-;;/m1../s1. The van der Waals surface area contributed by atoms with Crippen LogP contribution in [0.2, 0.25) is 0 Å². The van der Waals surface area contributed by atoms with E-state index in [1.54, 1.807) is 0 Å². The summed E-state index contributed by atoms with van der Waals surface area (Å²) < 4.78 is 6.19. The van der Waals surface area contributed by atoms with Crippen LogP contribution in [-0.4, -0.2) is 90.2 Å². The Labute approximate surface area is 153 Å². The first-order valence-electron chi connectivity index (χ1n) is 7.64. The Bertz CT molecular complexity index is 629. The van der Waals surface area contributed by atoms with Gasteiger partial charge in [-0.2, -0.15) is 4.98 Å². The van der Waals surface area contributed by atoms with Gasteiger partial charge < -0.3 is 52.1 Å². The molecule has 6 atom stereocenters. The molecule has 1 fully saturated rings. The number of anilines is 1. The van der Waals surface area contributed by atoms with E-state index in [0.717, 1.165) is 4.57 Å². The number of hydrogen-bond acceptors (Lipinski definition) is 12. The van der Waals surface area contributed by atoms with Crippen molar-refractivity contribution in [1.29, 1.82) is 0 Å². The number of aliphatic hydroxyl groups is 6. The molecule has 0 radical (unpaired) electrons. The second-order valence-corrected chi connectivity index (χ2v) is 5.49. The fraction of sp³-hybridized carbons (Fsp3) is 0.643. The molecule has 2 rings (SSSR count). The Morgan fingerprint density at radius 2 is 1.89 bits per heavy atom. The van der Waals surface area contributed by atoms with Crippen molar-refractivity contribution >= 4 is 12.1 Å². The van der Waals surface area contributed by atoms with Crippen molar-refractivity contribution < 1.29 is 40.2 Å². The molecule has 2 unspecified atom stereocenters. The third kappa shape index (κ3) is 6.60. The second kappa shape index (κ2) is 11.7. The average Bonchev–Trinajstić information content (AvgIpc) is 2.90. The predicted molar refractivity (Wildman–Crippen MR) is 90.7 cm³/mol. The molecule has 0 spiro atoms. The molecule has 13 heteroatoms. The Hall–Kier alpha value is -1.97. The van der Waals surface area contributed by atoms with Gasteiger partial charge in [-0.15, -0.1) is 0 Å². The van der Waals surface area contributed by atoms with Crippen LogP contribution in [0, 0.1) is 0 Å². The van der Waals surface area contributed by atoms with E-state index in [1.807, 2.05) is 0 Å². The SMILES string of the molecule is N.Nc1ccn([C@@H]2O[C@H](CO)[C@@H](O)[C@H]2O)c(=O)n1.O=CCC(O)C(O)CO. The molecule has 27 heavy (non-hydrogen) atoms. The first kappa shape index (κ1) is 25.0. The number of aromatic nitrogens is 2. The van der Waals surface area contributed by atoms with Gasteiger partial charge in [-0.05, 0) is 6.07 Å². The highest BCUT2D eigenvalue weighted by Gasteiger charge is 2.43. The predicted octanol–water partition coefficient (Wildman–Crippen LogP) is -4.11. The van der Waals surface area contributed by atoms with Gasteiger partial charge in [-0.3, -0.25) is 4.57 Å². The fourth-order valence-electron chi connectivity index (χ4n) is 2.11. The lowest BCUT2D eigenvalue weighted by atomic mass is 10.1. The highest BCUT2D eigenvalue weighted by atomic mass is 16.6. The van der Waals surface area contributed by atoms with Gasteiger partial charge in [0.1, 0.15) is 36.5 Å². The van der Waals surface area contributed by atoms with Gasteiger partial charge >= 0.3 is 5.69 Å². The number of aliphatic hydroxyl groups excluding tert-OH is 6. The number of hydrogen-bond donors (Lipinski definition) is 8. The number of nitrogens with two attached hydrogens (primary N) is 1. The molecule has 1 aromatic heterocycles. The van der Waals surface area contributed by atoms with Crippen LogP contribution >= 0.6 is 0 Å². The number of carbonyl (C=O) groups excluding carboxylic acids is 1. The van der Waals surface area contributed by atoms with Gasteiger partial charge in [0.15, 0.2) is 6.23 Å². The molecule has 1 aliphatic rings. The summed E-state index contributed by atoms with van der Waals surface area (Å²) in [5.74, 6) is 0.0537. The van der Waals surface area contributed by atoms with Crippen molar-refractivity contribution in [3.05, 3.63) is 22.7 Å². The summed E-state index contributed by atoms with van der Waals surface area (Å²) in [6.07, 6.45) is -5.24. The van der Waals surface area contributed by atoms with Crippen LogP contribution in [0.25, 0.3) is 0 Å². The molecular formula is C14H26N4O9. The van der Waals surface area contributed by atoms with Crippen LogP contribution in [0.5, 0.6) is 0 Å². The van der Waals surface area contributed by atoms with Crippen molar-refractivity contribution in [2.45, 2.75) is 43.2 Å². The van der Waals surface area contributed by atoms with E-state index < -0.39 is 55.7 Å². The summed E-state index contributed by atoms with van der Waals surface area (Å²) in [7, 11) is 0. The third-order valence-corrected chi connectivity index (χ3v) is 3.61. The smallest absolute Gasteiger partial charge is 0.351 e. The molecule has 13 nitrogen and oxygen atoms in total. The van der Waals surface area contributed by atoms with Crippen LogP contribution < -0.4 is 17.6 Å². The molecule has 1 aromatic rings. The summed E-state index contributed by atoms with van der Waals surface area (Å²) in [6.45, 7) is -0.971. The van der Waals surface area contributed by atoms with Gasteiger partial charge in [0, 0.05) is 12.6 Å². The third-order valence-electron chi connectivity index (χ3n) is 3.61. The normalized spacial score (nSPS) is 26.3. The molecule has 0 aliphatic carbocycles. The summed E-state index contributed by atoms with van der Waals surface area (Å²) in [5.41, 5.74) is 4.63. The summed E-state index contributed by atoms with van der Waals surface area (Å²) in [4.78, 5) is 24.7. The van der Waals surface area contributed by atoms with Crippen molar-refractivity contribution in [3.8, 4) is 0 Å². The summed E-state index contributed by atoms with van der Waals surface area (Å²) in [5, 5.41) is 53.6. The lowest BCUT2D eigenvalue weighted by Gasteiger charge is -2.16. The summed E-state index contributed by atoms with van der Waals surface area (Å²) in [6, 6.07) is 1.37. The maximum Gasteiger partial charge on any atom is 0.351 e. The maximum absolute atomic E-state index is 11.5. The quantitative estimate of drug-likeness (QED) is 0.214. The highest BCUT2D eigenvalue weighted by Crippen LogP contribution is 2.27. The van der Waals surface area contributed by atoms with Crippen LogP contribution in [-0.2, 0) is 9.53 Å². The first-order valence-corrected chi connectivity index (χ1v) is 7.64. The van der Waals surface area contributed by atoms with E-state index in [4.69, 9.17) is 30.9 Å². The van der Waals surface area contributed by atoms with Gasteiger partial charge in [0.2, 0.25) is 0 Å². The lowest BCUT2D eigenvalue weighted by molar-refractivity contribution is -0.111. The Kier molecular flexibility index (Phi) is 10.8. The number of rotatable bonds is 6. The number of ether oxygens (including phenoxy) is 1. The van der Waals surface area contributed by atoms with Crippen LogP contribution in [0.15, 0.2) is 17.1 Å². The van der Waals surface area contributed by atoms with Crippen molar-refractivity contribution in [1.82, 2.24) is 15.7 Å². The van der Waals surface area contributed by atoms with Crippen LogP contribution in [0.3, 0.4) is 0 Å². The number of nitrogen functional groups attached to an aromatic ring is 1. The molecule has 0 amide bonds. The van der Waals surface area contributed by atoms with Gasteiger partial charge in [0.05, 0.1) is 19.3 Å². The van der Waals surface area contributed by atoms with E-state index in [-0.39, 0.29) is 18.4 Å². The van der Waals surface area contributed by atoms with Crippen molar-refractivity contribution in [3.63, 3.8) is 0 Å². The maximum atomic E-state index is 11.5. The van der Waals surface area contributed by atoms with E-state index in [0.29, 0.717) is 6.29 Å². The zero-order valence-corrected chi connectivity index (χ0v) is 14.4.